The Morgan fingerprint density at radius 3 is 2.42 bits per heavy atom. The van der Waals surface area contributed by atoms with Crippen molar-refractivity contribution in [3.05, 3.63) is 17.5 Å². The lowest BCUT2D eigenvalue weighted by Crippen LogP contribution is -2.36. The number of nitrogens with zero attached hydrogens (tertiary/aromatic N) is 3. The summed E-state index contributed by atoms with van der Waals surface area (Å²) in [5.41, 5.74) is 1.40. The summed E-state index contributed by atoms with van der Waals surface area (Å²) in [5.74, 6) is 1.54. The Bertz CT molecular complexity index is 558. The van der Waals surface area contributed by atoms with Gasteiger partial charge in [0.25, 0.3) is 5.91 Å². The molecule has 0 bridgehead atoms. The standard InChI is InChI=1S/C19H30N4O/c1-14-9-11-23(12-10-14)19-20-13-17(15(2)21-19)18(24)22-16-7-5-3-4-6-8-16/h13-14,16H,3-12H2,1-2H3,(H,22,24). The lowest BCUT2D eigenvalue weighted by molar-refractivity contribution is 0.0932. The maximum atomic E-state index is 12.6. The highest BCUT2D eigenvalue weighted by Crippen LogP contribution is 2.21. The van der Waals surface area contributed by atoms with E-state index in [0.29, 0.717) is 11.6 Å². The first-order valence-corrected chi connectivity index (χ1v) is 9.53. The number of nitrogens with one attached hydrogen (secondary N) is 1. The number of piperidine rings is 1. The predicted octanol–water partition coefficient (Wildman–Crippen LogP) is 3.47. The zero-order valence-corrected chi connectivity index (χ0v) is 15.1. The molecule has 2 aliphatic rings. The molecule has 2 fully saturated rings. The van der Waals surface area contributed by atoms with E-state index in [2.05, 4.69) is 27.1 Å². The maximum absolute atomic E-state index is 12.6. The summed E-state index contributed by atoms with van der Waals surface area (Å²) in [5, 5.41) is 3.19. The lowest BCUT2D eigenvalue weighted by Gasteiger charge is -2.30. The Hall–Kier alpha value is -1.65. The van der Waals surface area contributed by atoms with Crippen molar-refractivity contribution in [1.82, 2.24) is 15.3 Å². The van der Waals surface area contributed by atoms with E-state index in [1.54, 1.807) is 6.20 Å². The Kier molecular flexibility index (Phi) is 5.69. The number of hydrogen-bond donors (Lipinski definition) is 1. The SMILES string of the molecule is Cc1nc(N2CCC(C)CC2)ncc1C(=O)NC1CCCCCC1. The Labute approximate surface area is 145 Å². The molecule has 1 aromatic rings. The molecule has 0 spiro atoms. The first kappa shape index (κ1) is 17.2. The van der Waals surface area contributed by atoms with Crippen molar-refractivity contribution in [2.24, 2.45) is 5.92 Å². The molecule has 2 heterocycles. The molecule has 1 aliphatic heterocycles. The Balaban J connectivity index is 1.64. The quantitative estimate of drug-likeness (QED) is 0.862. The average Bonchev–Trinajstić information content (AvgIpc) is 2.84. The molecular formula is C19H30N4O. The third kappa shape index (κ3) is 4.25. The van der Waals surface area contributed by atoms with E-state index >= 15 is 0 Å². The van der Waals surface area contributed by atoms with Crippen LogP contribution in [0.4, 0.5) is 5.95 Å². The summed E-state index contributed by atoms with van der Waals surface area (Å²) in [6.45, 7) is 6.23. The van der Waals surface area contributed by atoms with Crippen LogP contribution in [0.3, 0.4) is 0 Å². The summed E-state index contributed by atoms with van der Waals surface area (Å²) in [7, 11) is 0. The normalized spacial score (nSPS) is 20.7. The van der Waals surface area contributed by atoms with Gasteiger partial charge in [0.15, 0.2) is 0 Å². The van der Waals surface area contributed by atoms with Crippen molar-refractivity contribution in [2.75, 3.05) is 18.0 Å². The third-order valence-electron chi connectivity index (χ3n) is 5.47. The molecule has 0 aromatic carbocycles. The highest BCUT2D eigenvalue weighted by molar-refractivity contribution is 5.95. The second-order valence-corrected chi connectivity index (χ2v) is 7.50. The van der Waals surface area contributed by atoms with E-state index in [-0.39, 0.29) is 5.91 Å². The van der Waals surface area contributed by atoms with Gasteiger partial charge in [0.2, 0.25) is 5.95 Å². The molecule has 5 nitrogen and oxygen atoms in total. The average molecular weight is 330 g/mol. The van der Waals surface area contributed by atoms with Crippen molar-refractivity contribution in [1.29, 1.82) is 0 Å². The number of anilines is 1. The van der Waals surface area contributed by atoms with Gasteiger partial charge >= 0.3 is 0 Å². The first-order valence-electron chi connectivity index (χ1n) is 9.53. The third-order valence-corrected chi connectivity index (χ3v) is 5.47. The fraction of sp³-hybridized carbons (Fsp3) is 0.737. The molecule has 1 aromatic heterocycles. The van der Waals surface area contributed by atoms with E-state index in [1.807, 2.05) is 6.92 Å². The van der Waals surface area contributed by atoms with Gasteiger partial charge in [-0.3, -0.25) is 4.79 Å². The van der Waals surface area contributed by atoms with Crippen LogP contribution in [0.25, 0.3) is 0 Å². The molecular weight excluding hydrogens is 300 g/mol. The molecule has 132 valence electrons. The minimum Gasteiger partial charge on any atom is -0.349 e. The Morgan fingerprint density at radius 1 is 1.12 bits per heavy atom. The molecule has 0 unspecified atom stereocenters. The summed E-state index contributed by atoms with van der Waals surface area (Å²) in [6.07, 6.45) is 11.3. The van der Waals surface area contributed by atoms with Crippen molar-refractivity contribution < 1.29 is 4.79 Å². The number of hydrogen-bond acceptors (Lipinski definition) is 4. The number of carbonyl (C=O) groups is 1. The molecule has 24 heavy (non-hydrogen) atoms. The van der Waals surface area contributed by atoms with Gasteiger partial charge in [-0.25, -0.2) is 9.97 Å². The van der Waals surface area contributed by atoms with Crippen molar-refractivity contribution >= 4 is 11.9 Å². The van der Waals surface area contributed by atoms with E-state index in [0.717, 1.165) is 43.5 Å². The molecule has 0 radical (unpaired) electrons. The van der Waals surface area contributed by atoms with Gasteiger partial charge in [-0.1, -0.05) is 32.6 Å². The topological polar surface area (TPSA) is 58.1 Å². The number of aromatic nitrogens is 2. The molecule has 1 saturated carbocycles. The summed E-state index contributed by atoms with van der Waals surface area (Å²) < 4.78 is 0. The minimum atomic E-state index is -0.0155. The van der Waals surface area contributed by atoms with Crippen LogP contribution in [-0.2, 0) is 0 Å². The van der Waals surface area contributed by atoms with Crippen LogP contribution in [0.2, 0.25) is 0 Å². The fourth-order valence-corrected chi connectivity index (χ4v) is 3.73. The van der Waals surface area contributed by atoms with Crippen LogP contribution in [0.1, 0.15) is 74.3 Å². The first-order chi connectivity index (χ1) is 11.6. The van der Waals surface area contributed by atoms with Crippen molar-refractivity contribution in [3.63, 3.8) is 0 Å². The van der Waals surface area contributed by atoms with Gasteiger partial charge in [0, 0.05) is 25.3 Å². The number of carbonyl (C=O) groups excluding carboxylic acids is 1. The number of rotatable bonds is 3. The van der Waals surface area contributed by atoms with Crippen LogP contribution in [-0.4, -0.2) is 35.0 Å². The van der Waals surface area contributed by atoms with Gasteiger partial charge in [-0.05, 0) is 38.5 Å². The van der Waals surface area contributed by atoms with E-state index in [4.69, 9.17) is 0 Å². The molecule has 3 rings (SSSR count). The summed E-state index contributed by atoms with van der Waals surface area (Å²) in [4.78, 5) is 23.9. The number of aryl methyl sites for hydroxylation is 1. The zero-order chi connectivity index (χ0) is 16.9. The maximum Gasteiger partial charge on any atom is 0.254 e. The molecule has 1 aliphatic carbocycles. The smallest absolute Gasteiger partial charge is 0.254 e. The van der Waals surface area contributed by atoms with Crippen molar-refractivity contribution in [2.45, 2.75) is 71.3 Å². The van der Waals surface area contributed by atoms with Gasteiger partial charge in [0.05, 0.1) is 11.3 Å². The second kappa shape index (κ2) is 7.95. The largest absolute Gasteiger partial charge is 0.349 e. The molecule has 1 amide bonds. The highest BCUT2D eigenvalue weighted by Gasteiger charge is 2.21. The molecule has 1 saturated heterocycles. The zero-order valence-electron chi connectivity index (χ0n) is 15.1. The second-order valence-electron chi connectivity index (χ2n) is 7.50. The van der Waals surface area contributed by atoms with Gasteiger partial charge in [-0.2, -0.15) is 0 Å². The van der Waals surface area contributed by atoms with Crippen LogP contribution in [0.5, 0.6) is 0 Å². The van der Waals surface area contributed by atoms with Gasteiger partial charge < -0.3 is 10.2 Å². The minimum absolute atomic E-state index is 0.0155. The number of amides is 1. The fourth-order valence-electron chi connectivity index (χ4n) is 3.73. The van der Waals surface area contributed by atoms with Gasteiger partial charge in [-0.15, -0.1) is 0 Å². The molecule has 0 atom stereocenters. The molecule has 1 N–H and O–H groups in total. The van der Waals surface area contributed by atoms with Crippen LogP contribution in [0, 0.1) is 12.8 Å². The van der Waals surface area contributed by atoms with Crippen LogP contribution >= 0.6 is 0 Å². The predicted molar refractivity (Wildman–Crippen MR) is 96.3 cm³/mol. The van der Waals surface area contributed by atoms with Crippen molar-refractivity contribution in [3.8, 4) is 0 Å². The van der Waals surface area contributed by atoms with E-state index < -0.39 is 0 Å². The Morgan fingerprint density at radius 2 is 1.79 bits per heavy atom. The van der Waals surface area contributed by atoms with E-state index in [9.17, 15) is 4.79 Å². The highest BCUT2D eigenvalue weighted by atomic mass is 16.1. The monoisotopic (exact) mass is 330 g/mol. The van der Waals surface area contributed by atoms with Crippen LogP contribution in [0.15, 0.2) is 6.20 Å². The molecule has 5 heteroatoms. The van der Waals surface area contributed by atoms with E-state index in [1.165, 1.54) is 38.5 Å². The van der Waals surface area contributed by atoms with Gasteiger partial charge in [0.1, 0.15) is 0 Å². The van der Waals surface area contributed by atoms with Crippen LogP contribution < -0.4 is 10.2 Å². The lowest BCUT2D eigenvalue weighted by atomic mass is 10.00. The summed E-state index contributed by atoms with van der Waals surface area (Å²) in [6, 6.07) is 0.308. The summed E-state index contributed by atoms with van der Waals surface area (Å²) >= 11 is 0.